The maximum absolute atomic E-state index is 4.84. The third kappa shape index (κ3) is 17.9. The largest absolute Gasteiger partial charge is 4.00 e. The third-order valence-electron chi connectivity index (χ3n) is 8.37. The summed E-state index contributed by atoms with van der Waals surface area (Å²) in [5.41, 5.74) is 0. The van der Waals surface area contributed by atoms with E-state index in [1.807, 2.05) is 9.80 Å². The summed E-state index contributed by atoms with van der Waals surface area (Å²) < 4.78 is -0.241. The minimum Gasteiger partial charge on any atom is -0.800 e. The second-order valence-electron chi connectivity index (χ2n) is 11.6. The van der Waals surface area contributed by atoms with Crippen LogP contribution in [0.1, 0.15) is 27.7 Å². The van der Waals surface area contributed by atoms with E-state index in [1.54, 1.807) is 0 Å². The maximum Gasteiger partial charge on any atom is 4.00 e. The van der Waals surface area contributed by atoms with Gasteiger partial charge in [-0.05, 0) is 52.7 Å². The monoisotopic (exact) mass is 956 g/mol. The first-order valence-electron chi connectivity index (χ1n) is 17.8. The van der Waals surface area contributed by atoms with Gasteiger partial charge < -0.3 is 91.3 Å². The molecular formula is C44H52FeN2P2RuS4-4. The molecule has 1 fully saturated rings. The zero-order valence-electron chi connectivity index (χ0n) is 31.4. The molecule has 0 bridgehead atoms. The van der Waals surface area contributed by atoms with Crippen LogP contribution in [0, 0.1) is 25.7 Å². The van der Waals surface area contributed by atoms with Gasteiger partial charge in [0.25, 0.3) is 0 Å². The normalized spacial score (nSPS) is 12.9. The number of benzene rings is 4. The van der Waals surface area contributed by atoms with Crippen LogP contribution in [0.3, 0.4) is 0 Å². The molecule has 2 aliphatic carbocycles. The van der Waals surface area contributed by atoms with Crippen molar-refractivity contribution in [3.05, 3.63) is 171 Å². The summed E-state index contributed by atoms with van der Waals surface area (Å²) in [7, 11) is -1.67. The average Bonchev–Trinajstić information content (AvgIpc) is 3.91. The predicted octanol–water partition coefficient (Wildman–Crippen LogP) is 7.41. The molecule has 4 aromatic rings. The molecule has 0 unspecified atom stereocenters. The first-order valence-corrected chi connectivity index (χ1v) is 22.7. The SMILES string of the molecule is C1=CC(=[PH](c2ccccc2)c2ccccc2)C=C1.CCN(CC)C([S-])[S-].CCN(CC)C([S-])[S-].[Fe].[Ru+4].c1ccc([PH](=C2[CH-][CH-][CH-][CH-]2)c2ccccc2)cc1. The van der Waals surface area contributed by atoms with E-state index in [0.717, 1.165) is 26.2 Å². The van der Waals surface area contributed by atoms with Gasteiger partial charge in [0, 0.05) is 17.1 Å². The summed E-state index contributed by atoms with van der Waals surface area (Å²) in [6, 6.07) is 43.3. The van der Waals surface area contributed by atoms with Gasteiger partial charge >= 0.3 is 19.5 Å². The second kappa shape index (κ2) is 30.5. The fraction of sp³-hybridized carbons (Fsp3) is 0.227. The van der Waals surface area contributed by atoms with Gasteiger partial charge in [0.1, 0.15) is 0 Å². The first-order chi connectivity index (χ1) is 25.3. The summed E-state index contributed by atoms with van der Waals surface area (Å²) in [5, 5.41) is 8.69. The molecule has 2 nitrogen and oxygen atoms in total. The van der Waals surface area contributed by atoms with Gasteiger partial charge in [-0.15, -0.1) is 7.55 Å². The van der Waals surface area contributed by atoms with Crippen LogP contribution in [0.2, 0.25) is 0 Å². The van der Waals surface area contributed by atoms with Gasteiger partial charge in [-0.2, -0.15) is 0 Å². The molecule has 292 valence electrons. The fourth-order valence-corrected chi connectivity index (χ4v) is 11.9. The molecule has 54 heavy (non-hydrogen) atoms. The van der Waals surface area contributed by atoms with Crippen molar-refractivity contribution < 1.29 is 36.5 Å². The molecule has 2 aliphatic rings. The van der Waals surface area contributed by atoms with Crippen molar-refractivity contribution in [2.75, 3.05) is 26.2 Å². The van der Waals surface area contributed by atoms with Crippen LogP contribution in [0.5, 0.6) is 0 Å². The Bertz CT molecular complexity index is 1560. The van der Waals surface area contributed by atoms with Crippen molar-refractivity contribution in [2.24, 2.45) is 0 Å². The zero-order valence-corrected chi connectivity index (χ0v) is 39.5. The number of rotatable bonds is 10. The van der Waals surface area contributed by atoms with Gasteiger partial charge in [-0.25, -0.2) is 9.41 Å². The summed E-state index contributed by atoms with van der Waals surface area (Å²) in [5.74, 6) is 0. The van der Waals surface area contributed by atoms with Crippen LogP contribution in [0.25, 0.3) is 0 Å². The Kier molecular flexibility index (Phi) is 29.0. The molecule has 0 spiro atoms. The van der Waals surface area contributed by atoms with Crippen molar-refractivity contribution in [1.82, 2.24) is 9.80 Å². The topological polar surface area (TPSA) is 6.48 Å². The van der Waals surface area contributed by atoms with Crippen LogP contribution >= 0.6 is 15.1 Å². The Labute approximate surface area is 375 Å². The van der Waals surface area contributed by atoms with Crippen molar-refractivity contribution in [1.29, 1.82) is 0 Å². The molecular weight excluding hydrogens is 904 g/mol. The van der Waals surface area contributed by atoms with E-state index in [0.29, 0.717) is 0 Å². The molecule has 0 saturated heterocycles. The Balaban J connectivity index is 0.000000382. The molecule has 0 aliphatic heterocycles. The molecule has 0 N–H and O–H groups in total. The quantitative estimate of drug-likeness (QED) is 0.0703. The fourth-order valence-electron chi connectivity index (χ4n) is 5.54. The van der Waals surface area contributed by atoms with Crippen LogP contribution in [-0.2, 0) is 87.1 Å². The molecule has 0 amide bonds. The molecule has 0 radical (unpaired) electrons. The number of hydrogen-bond acceptors (Lipinski definition) is 6. The van der Waals surface area contributed by atoms with Gasteiger partial charge in [0.2, 0.25) is 0 Å². The van der Waals surface area contributed by atoms with Gasteiger partial charge in [0.05, 0.1) is 0 Å². The van der Waals surface area contributed by atoms with E-state index >= 15 is 0 Å². The van der Waals surface area contributed by atoms with Crippen LogP contribution in [0.15, 0.2) is 146 Å². The Hall–Kier alpha value is -0.577. The summed E-state index contributed by atoms with van der Waals surface area (Å²) >= 11 is 19.4. The predicted molar refractivity (Wildman–Crippen MR) is 249 cm³/mol. The van der Waals surface area contributed by atoms with Crippen LogP contribution in [0.4, 0.5) is 0 Å². The van der Waals surface area contributed by atoms with Crippen molar-refractivity contribution in [2.45, 2.75) is 37.1 Å². The minimum atomic E-state index is -0.834. The van der Waals surface area contributed by atoms with Crippen molar-refractivity contribution in [3.8, 4) is 0 Å². The summed E-state index contributed by atoms with van der Waals surface area (Å²) in [6.07, 6.45) is 17.5. The standard InChI is InChI=1S/2C17H15P.2C5H13NS2.Fe.Ru/c2*1-3-9-15(10-4-1)18(17-13-7-8-14-17)16-11-5-2-6-12-16;2*1-3-6(4-2)5(7)8;;/h2*1-14,18H;2*5,7-8H,3-4H2,1-2H3;;/q;-4;;;;+4/p-4. The van der Waals surface area contributed by atoms with E-state index in [4.69, 9.17) is 50.5 Å². The van der Waals surface area contributed by atoms with E-state index in [2.05, 4.69) is 199 Å². The Morgan fingerprint density at radius 3 is 1.00 bits per heavy atom. The maximum atomic E-state index is 4.84. The third-order valence-corrected chi connectivity index (χ3v) is 15.0. The average molecular weight is 956 g/mol. The molecule has 10 heteroatoms. The Morgan fingerprint density at radius 1 is 0.481 bits per heavy atom. The number of allylic oxidation sites excluding steroid dienone is 4. The van der Waals surface area contributed by atoms with Crippen molar-refractivity contribution >= 4 is 97.4 Å². The second-order valence-corrected chi connectivity index (χ2v) is 19.0. The first kappa shape index (κ1) is 51.4. The molecule has 1 saturated carbocycles. The molecule has 4 aromatic carbocycles. The molecule has 0 heterocycles. The van der Waals surface area contributed by atoms with E-state index in [-0.39, 0.29) is 46.0 Å². The Morgan fingerprint density at radius 2 is 0.759 bits per heavy atom. The van der Waals surface area contributed by atoms with E-state index in [9.17, 15) is 0 Å². The van der Waals surface area contributed by atoms with Gasteiger partial charge in [0.15, 0.2) is 0 Å². The summed E-state index contributed by atoms with van der Waals surface area (Å²) in [4.78, 5) is 4.09. The van der Waals surface area contributed by atoms with Crippen LogP contribution in [-0.4, -0.2) is 56.0 Å². The smallest absolute Gasteiger partial charge is 0.800 e. The molecule has 6 rings (SSSR count). The zero-order chi connectivity index (χ0) is 37.6. The van der Waals surface area contributed by atoms with Gasteiger partial charge in [-0.1, -0.05) is 181 Å². The van der Waals surface area contributed by atoms with Gasteiger partial charge in [-0.3, -0.25) is 0 Å². The van der Waals surface area contributed by atoms with E-state index in [1.165, 1.54) is 31.8 Å². The molecule has 0 aromatic heterocycles. The van der Waals surface area contributed by atoms with E-state index < -0.39 is 15.1 Å². The minimum absolute atomic E-state index is 0. The molecule has 0 atom stereocenters. The summed E-state index contributed by atoms with van der Waals surface area (Å²) in [6.45, 7) is 12.1. The number of nitrogens with zero attached hydrogens (tertiary/aromatic N) is 2. The van der Waals surface area contributed by atoms with Crippen LogP contribution < -0.4 is 21.2 Å². The van der Waals surface area contributed by atoms with Crippen molar-refractivity contribution in [3.63, 3.8) is 0 Å². The number of hydrogen-bond donors (Lipinski definition) is 0.